The van der Waals surface area contributed by atoms with Crippen LogP contribution in [-0.2, 0) is 0 Å². The molecule has 1 heterocycles. The standard InChI is InChI=1S/C8H17N3/c1-3-9-8-11-6-4-10(2)5-7-11/h3,9H,1,4-8H2,2H3. The highest BCUT2D eigenvalue weighted by Gasteiger charge is 2.11. The molecule has 64 valence electrons. The Morgan fingerprint density at radius 1 is 1.36 bits per heavy atom. The van der Waals surface area contributed by atoms with Gasteiger partial charge in [0.2, 0.25) is 0 Å². The van der Waals surface area contributed by atoms with E-state index in [1.165, 1.54) is 13.1 Å². The van der Waals surface area contributed by atoms with E-state index >= 15 is 0 Å². The molecule has 11 heavy (non-hydrogen) atoms. The summed E-state index contributed by atoms with van der Waals surface area (Å²) >= 11 is 0. The van der Waals surface area contributed by atoms with Crippen LogP contribution >= 0.6 is 0 Å². The summed E-state index contributed by atoms with van der Waals surface area (Å²) in [4.78, 5) is 4.74. The van der Waals surface area contributed by atoms with Crippen LogP contribution in [0.1, 0.15) is 0 Å². The fourth-order valence-corrected chi connectivity index (χ4v) is 1.20. The lowest BCUT2D eigenvalue weighted by Gasteiger charge is -2.32. The first kappa shape index (κ1) is 8.56. The van der Waals surface area contributed by atoms with Crippen LogP contribution in [0.2, 0.25) is 0 Å². The van der Waals surface area contributed by atoms with Gasteiger partial charge in [0.1, 0.15) is 0 Å². The van der Waals surface area contributed by atoms with Crippen LogP contribution in [0.15, 0.2) is 12.8 Å². The van der Waals surface area contributed by atoms with Crippen LogP contribution in [0.3, 0.4) is 0 Å². The third-order valence-electron chi connectivity index (χ3n) is 2.06. The molecule has 0 radical (unpaired) electrons. The maximum Gasteiger partial charge on any atom is 0.0673 e. The Morgan fingerprint density at radius 2 is 2.00 bits per heavy atom. The van der Waals surface area contributed by atoms with Gasteiger partial charge in [-0.05, 0) is 13.2 Å². The highest BCUT2D eigenvalue weighted by Crippen LogP contribution is 1.96. The summed E-state index contributed by atoms with van der Waals surface area (Å²) < 4.78 is 0. The summed E-state index contributed by atoms with van der Waals surface area (Å²) in [5, 5.41) is 3.10. The van der Waals surface area contributed by atoms with Gasteiger partial charge in [-0.1, -0.05) is 6.58 Å². The number of piperazine rings is 1. The van der Waals surface area contributed by atoms with Gasteiger partial charge < -0.3 is 10.2 Å². The van der Waals surface area contributed by atoms with Crippen molar-refractivity contribution in [1.82, 2.24) is 15.1 Å². The molecule has 3 nitrogen and oxygen atoms in total. The summed E-state index contributed by atoms with van der Waals surface area (Å²) in [6, 6.07) is 0. The molecule has 1 rings (SSSR count). The van der Waals surface area contributed by atoms with Crippen LogP contribution in [-0.4, -0.2) is 49.7 Å². The maximum absolute atomic E-state index is 3.61. The molecule has 0 bridgehead atoms. The minimum atomic E-state index is 0.942. The van der Waals surface area contributed by atoms with E-state index in [-0.39, 0.29) is 0 Å². The Balaban J connectivity index is 2.12. The zero-order chi connectivity index (χ0) is 8.10. The minimum Gasteiger partial charge on any atom is -0.379 e. The van der Waals surface area contributed by atoms with Crippen LogP contribution in [0.5, 0.6) is 0 Å². The number of hydrogen-bond donors (Lipinski definition) is 1. The monoisotopic (exact) mass is 155 g/mol. The van der Waals surface area contributed by atoms with Gasteiger partial charge in [0.25, 0.3) is 0 Å². The van der Waals surface area contributed by atoms with E-state index in [9.17, 15) is 0 Å². The summed E-state index contributed by atoms with van der Waals surface area (Å²) in [5.74, 6) is 0. The summed E-state index contributed by atoms with van der Waals surface area (Å²) in [7, 11) is 2.16. The van der Waals surface area contributed by atoms with Crippen molar-refractivity contribution in [2.75, 3.05) is 39.9 Å². The molecule has 0 unspecified atom stereocenters. The van der Waals surface area contributed by atoms with Gasteiger partial charge in [0, 0.05) is 26.2 Å². The van der Waals surface area contributed by atoms with Crippen LogP contribution < -0.4 is 5.32 Å². The van der Waals surface area contributed by atoms with Crippen LogP contribution in [0, 0.1) is 0 Å². The molecule has 1 saturated heterocycles. The lowest BCUT2D eigenvalue weighted by molar-refractivity contribution is 0.150. The molecule has 1 aliphatic rings. The molecule has 0 aromatic rings. The van der Waals surface area contributed by atoms with Gasteiger partial charge >= 0.3 is 0 Å². The van der Waals surface area contributed by atoms with Crippen molar-refractivity contribution in [3.63, 3.8) is 0 Å². The number of hydrogen-bond acceptors (Lipinski definition) is 3. The third kappa shape index (κ3) is 2.91. The summed E-state index contributed by atoms with van der Waals surface area (Å²) in [5.41, 5.74) is 0. The highest BCUT2D eigenvalue weighted by atomic mass is 15.3. The van der Waals surface area contributed by atoms with E-state index in [1.807, 2.05) is 0 Å². The third-order valence-corrected chi connectivity index (χ3v) is 2.06. The molecule has 1 aliphatic heterocycles. The number of rotatable bonds is 3. The molecule has 0 amide bonds. The highest BCUT2D eigenvalue weighted by molar-refractivity contribution is 4.70. The van der Waals surface area contributed by atoms with Crippen molar-refractivity contribution in [1.29, 1.82) is 0 Å². The second-order valence-corrected chi connectivity index (χ2v) is 2.99. The lowest BCUT2D eigenvalue weighted by Crippen LogP contribution is -2.46. The van der Waals surface area contributed by atoms with Crippen molar-refractivity contribution in [3.05, 3.63) is 12.8 Å². The fourth-order valence-electron chi connectivity index (χ4n) is 1.20. The smallest absolute Gasteiger partial charge is 0.0673 e. The number of nitrogens with one attached hydrogen (secondary N) is 1. The normalized spacial score (nSPS) is 21.5. The van der Waals surface area contributed by atoms with Crippen molar-refractivity contribution >= 4 is 0 Å². The van der Waals surface area contributed by atoms with E-state index in [2.05, 4.69) is 28.7 Å². The molecule has 1 N–H and O–H groups in total. The van der Waals surface area contributed by atoms with E-state index in [0.29, 0.717) is 0 Å². The second kappa shape index (κ2) is 4.36. The molecule has 0 spiro atoms. The SMILES string of the molecule is C=CNCN1CCN(C)CC1. The predicted molar refractivity (Wildman–Crippen MR) is 47.3 cm³/mol. The van der Waals surface area contributed by atoms with E-state index < -0.39 is 0 Å². The van der Waals surface area contributed by atoms with Crippen molar-refractivity contribution < 1.29 is 0 Å². The Labute approximate surface area is 68.7 Å². The Bertz CT molecular complexity index is 117. The van der Waals surface area contributed by atoms with Gasteiger partial charge in [-0.15, -0.1) is 0 Å². The molecule has 0 aromatic heterocycles. The van der Waals surface area contributed by atoms with Gasteiger partial charge in [-0.25, -0.2) is 0 Å². The Kier molecular flexibility index (Phi) is 3.39. The molecule has 0 saturated carbocycles. The average Bonchev–Trinajstić information content (AvgIpc) is 2.04. The second-order valence-electron chi connectivity index (χ2n) is 2.99. The average molecular weight is 155 g/mol. The molecule has 0 aromatic carbocycles. The van der Waals surface area contributed by atoms with Crippen LogP contribution in [0.25, 0.3) is 0 Å². The molecule has 3 heteroatoms. The first-order chi connectivity index (χ1) is 5.33. The van der Waals surface area contributed by atoms with Crippen molar-refractivity contribution in [2.45, 2.75) is 0 Å². The predicted octanol–water partition coefficient (Wildman–Crippen LogP) is -0.0756. The van der Waals surface area contributed by atoms with E-state index in [1.54, 1.807) is 6.20 Å². The van der Waals surface area contributed by atoms with E-state index in [0.717, 1.165) is 19.8 Å². The Morgan fingerprint density at radius 3 is 2.55 bits per heavy atom. The quantitative estimate of drug-likeness (QED) is 0.615. The maximum atomic E-state index is 3.61. The zero-order valence-corrected chi connectivity index (χ0v) is 7.21. The molecular weight excluding hydrogens is 138 g/mol. The first-order valence-corrected chi connectivity index (χ1v) is 4.08. The Hall–Kier alpha value is -0.540. The van der Waals surface area contributed by atoms with Gasteiger partial charge in [-0.3, -0.25) is 4.90 Å². The van der Waals surface area contributed by atoms with Crippen molar-refractivity contribution in [3.8, 4) is 0 Å². The molecular formula is C8H17N3. The van der Waals surface area contributed by atoms with Gasteiger partial charge in [0.15, 0.2) is 0 Å². The topological polar surface area (TPSA) is 18.5 Å². The van der Waals surface area contributed by atoms with Gasteiger partial charge in [-0.2, -0.15) is 0 Å². The van der Waals surface area contributed by atoms with Crippen molar-refractivity contribution in [2.24, 2.45) is 0 Å². The summed E-state index contributed by atoms with van der Waals surface area (Å²) in [6.07, 6.45) is 1.75. The zero-order valence-electron chi connectivity index (χ0n) is 7.21. The lowest BCUT2D eigenvalue weighted by atomic mass is 10.3. The molecule has 1 fully saturated rings. The van der Waals surface area contributed by atoms with Crippen LogP contribution in [0.4, 0.5) is 0 Å². The van der Waals surface area contributed by atoms with E-state index in [4.69, 9.17) is 0 Å². The number of likely N-dealkylation sites (N-methyl/N-ethyl adjacent to an activating group) is 1. The molecule has 0 aliphatic carbocycles. The fraction of sp³-hybridized carbons (Fsp3) is 0.750. The first-order valence-electron chi connectivity index (χ1n) is 4.08. The van der Waals surface area contributed by atoms with Gasteiger partial charge in [0.05, 0.1) is 6.67 Å². The number of nitrogens with zero attached hydrogens (tertiary/aromatic N) is 2. The largest absolute Gasteiger partial charge is 0.379 e. The summed E-state index contributed by atoms with van der Waals surface area (Å²) in [6.45, 7) is 9.24. The minimum absolute atomic E-state index is 0.942. The molecule has 0 atom stereocenters.